The molecule has 0 spiro atoms. The Kier molecular flexibility index (Phi) is 6.98. The molecule has 0 radical (unpaired) electrons. The first kappa shape index (κ1) is 22.1. The van der Waals surface area contributed by atoms with E-state index >= 15 is 0 Å². The molecule has 2 heterocycles. The van der Waals surface area contributed by atoms with Crippen molar-refractivity contribution in [2.45, 2.75) is 19.5 Å². The van der Waals surface area contributed by atoms with E-state index in [4.69, 9.17) is 21.8 Å². The van der Waals surface area contributed by atoms with Crippen LogP contribution in [0.25, 0.3) is 0 Å². The number of thiocarbonyl (C=S) groups is 1. The minimum absolute atomic E-state index is 0.00158. The standard InChI is InChI=1S/C18H21F3N4O4S/c1-11(30)25-5-4-23(6-7-28-25)15-3-2-12(8-14(15)19)24-10-13(29-18(24)27)9-22-17(26)16(20)21/h2-3,8,13,16H,4-7,9-10H2,1H3,(H,22,26)/t13-/m0/s1. The molecule has 30 heavy (non-hydrogen) atoms. The molecule has 1 aromatic rings. The number of anilines is 2. The van der Waals surface area contributed by atoms with Crippen molar-refractivity contribution in [2.24, 2.45) is 0 Å². The predicted octanol–water partition coefficient (Wildman–Crippen LogP) is 1.93. The molecule has 2 fully saturated rings. The zero-order valence-electron chi connectivity index (χ0n) is 16.1. The lowest BCUT2D eigenvalue weighted by Crippen LogP contribution is -2.37. The highest BCUT2D eigenvalue weighted by Crippen LogP contribution is 2.28. The van der Waals surface area contributed by atoms with E-state index in [0.29, 0.717) is 36.9 Å². The maximum Gasteiger partial charge on any atom is 0.414 e. The van der Waals surface area contributed by atoms with Crippen LogP contribution >= 0.6 is 12.2 Å². The third-order valence-electron chi connectivity index (χ3n) is 4.69. The largest absolute Gasteiger partial charge is 0.442 e. The number of ether oxygens (including phenoxy) is 1. The van der Waals surface area contributed by atoms with Gasteiger partial charge < -0.3 is 15.0 Å². The normalized spacial score (nSPS) is 19.7. The lowest BCUT2D eigenvalue weighted by molar-refractivity contribution is -0.132. The average molecular weight is 446 g/mol. The number of cyclic esters (lactones) is 1. The van der Waals surface area contributed by atoms with Crippen LogP contribution in [0.2, 0.25) is 0 Å². The van der Waals surface area contributed by atoms with E-state index in [2.05, 4.69) is 0 Å². The van der Waals surface area contributed by atoms with Crippen LogP contribution in [0.1, 0.15) is 6.92 Å². The van der Waals surface area contributed by atoms with E-state index < -0.39 is 30.3 Å². The van der Waals surface area contributed by atoms with Gasteiger partial charge in [-0.1, -0.05) is 12.2 Å². The average Bonchev–Trinajstić information content (AvgIpc) is 2.90. The maximum absolute atomic E-state index is 14.8. The molecule has 2 amide bonds. The van der Waals surface area contributed by atoms with Gasteiger partial charge in [0.15, 0.2) is 0 Å². The topological polar surface area (TPSA) is 74.4 Å². The molecule has 1 N–H and O–H groups in total. The van der Waals surface area contributed by atoms with Gasteiger partial charge in [-0.2, -0.15) is 8.78 Å². The lowest BCUT2D eigenvalue weighted by atomic mass is 10.2. The second-order valence-corrected chi connectivity index (χ2v) is 7.33. The molecule has 3 rings (SSSR count). The summed E-state index contributed by atoms with van der Waals surface area (Å²) in [6.45, 7) is 3.30. The van der Waals surface area contributed by atoms with Crippen molar-refractivity contribution in [1.29, 1.82) is 0 Å². The molecule has 164 valence electrons. The van der Waals surface area contributed by atoms with Crippen LogP contribution in [0, 0.1) is 5.82 Å². The monoisotopic (exact) mass is 446 g/mol. The molecule has 0 bridgehead atoms. The molecular formula is C18H21F3N4O4S. The molecule has 1 atom stereocenters. The quantitative estimate of drug-likeness (QED) is 0.693. The minimum atomic E-state index is -3.15. The van der Waals surface area contributed by atoms with Gasteiger partial charge in [0.2, 0.25) is 0 Å². The van der Waals surface area contributed by atoms with Gasteiger partial charge in [-0.05, 0) is 25.1 Å². The number of benzene rings is 1. The van der Waals surface area contributed by atoms with Crippen molar-refractivity contribution < 1.29 is 32.3 Å². The second kappa shape index (κ2) is 9.47. The Hall–Kier alpha value is -2.60. The maximum atomic E-state index is 14.8. The number of hydrogen-bond donors (Lipinski definition) is 1. The van der Waals surface area contributed by atoms with E-state index in [0.717, 1.165) is 0 Å². The third kappa shape index (κ3) is 5.11. The highest BCUT2D eigenvalue weighted by molar-refractivity contribution is 7.80. The fourth-order valence-corrected chi connectivity index (χ4v) is 3.33. The fraction of sp³-hybridized carbons (Fsp3) is 0.500. The number of amides is 2. The first-order valence-corrected chi connectivity index (χ1v) is 9.66. The number of alkyl halides is 2. The summed E-state index contributed by atoms with van der Waals surface area (Å²) in [5.41, 5.74) is 0.630. The van der Waals surface area contributed by atoms with E-state index in [-0.39, 0.29) is 18.8 Å². The molecule has 1 aromatic carbocycles. The molecule has 0 unspecified atom stereocenters. The van der Waals surface area contributed by atoms with Gasteiger partial charge >= 0.3 is 12.5 Å². The molecular weight excluding hydrogens is 425 g/mol. The van der Waals surface area contributed by atoms with Gasteiger partial charge in [-0.3, -0.25) is 14.5 Å². The number of carbonyl (C=O) groups excluding carboxylic acids is 2. The number of carbonyl (C=O) groups is 2. The zero-order valence-corrected chi connectivity index (χ0v) is 17.0. The Labute approximate surface area is 176 Å². The number of nitrogens with one attached hydrogen (secondary N) is 1. The van der Waals surface area contributed by atoms with E-state index in [9.17, 15) is 22.8 Å². The zero-order chi connectivity index (χ0) is 21.8. The Morgan fingerprint density at radius 3 is 2.77 bits per heavy atom. The van der Waals surface area contributed by atoms with Gasteiger partial charge in [-0.25, -0.2) is 14.2 Å². The molecule has 0 aromatic heterocycles. The summed E-state index contributed by atoms with van der Waals surface area (Å²) in [5.74, 6) is -1.97. The van der Waals surface area contributed by atoms with Gasteiger partial charge in [0.05, 0.1) is 37.6 Å². The summed E-state index contributed by atoms with van der Waals surface area (Å²) in [6.07, 6.45) is -4.70. The first-order chi connectivity index (χ1) is 14.3. The van der Waals surface area contributed by atoms with Gasteiger partial charge in [0.25, 0.3) is 5.91 Å². The summed E-state index contributed by atoms with van der Waals surface area (Å²) in [6, 6.07) is 4.35. The summed E-state index contributed by atoms with van der Waals surface area (Å²) in [4.78, 5) is 32.2. The van der Waals surface area contributed by atoms with Crippen LogP contribution in [0.4, 0.5) is 29.3 Å². The summed E-state index contributed by atoms with van der Waals surface area (Å²) < 4.78 is 44.4. The minimum Gasteiger partial charge on any atom is -0.442 e. The number of rotatable bonds is 5. The van der Waals surface area contributed by atoms with Crippen molar-refractivity contribution in [3.8, 4) is 0 Å². The molecule has 12 heteroatoms. The molecule has 0 saturated carbocycles. The Morgan fingerprint density at radius 1 is 1.33 bits per heavy atom. The van der Waals surface area contributed by atoms with Gasteiger partial charge in [0, 0.05) is 13.1 Å². The molecule has 2 aliphatic heterocycles. The van der Waals surface area contributed by atoms with Crippen LogP contribution in [-0.2, 0) is 14.4 Å². The molecule has 8 nitrogen and oxygen atoms in total. The summed E-state index contributed by atoms with van der Waals surface area (Å²) in [5, 5.41) is 3.59. The SMILES string of the molecule is CC(=S)N1CCN(c2ccc(N3C[C@H](CNC(=O)C(F)F)OC3=O)cc2F)CCO1. The van der Waals surface area contributed by atoms with Crippen molar-refractivity contribution in [3.05, 3.63) is 24.0 Å². The number of halogens is 3. The van der Waals surface area contributed by atoms with E-state index in [1.165, 1.54) is 11.0 Å². The smallest absolute Gasteiger partial charge is 0.414 e. The summed E-state index contributed by atoms with van der Waals surface area (Å²) >= 11 is 5.10. The Morgan fingerprint density at radius 2 is 2.10 bits per heavy atom. The van der Waals surface area contributed by atoms with Crippen LogP contribution in [0.5, 0.6) is 0 Å². The second-order valence-electron chi connectivity index (χ2n) is 6.74. The highest BCUT2D eigenvalue weighted by atomic mass is 32.1. The van der Waals surface area contributed by atoms with Crippen LogP contribution in [-0.4, -0.2) is 73.9 Å². The predicted molar refractivity (Wildman–Crippen MR) is 106 cm³/mol. The van der Waals surface area contributed by atoms with Gasteiger partial charge in [-0.15, -0.1) is 0 Å². The van der Waals surface area contributed by atoms with Crippen LogP contribution in [0.15, 0.2) is 18.2 Å². The van der Waals surface area contributed by atoms with Crippen LogP contribution in [0.3, 0.4) is 0 Å². The Bertz CT molecular complexity index is 829. The van der Waals surface area contributed by atoms with Crippen molar-refractivity contribution in [3.63, 3.8) is 0 Å². The lowest BCUT2D eigenvalue weighted by Gasteiger charge is -2.24. The molecule has 0 aliphatic carbocycles. The van der Waals surface area contributed by atoms with Crippen LogP contribution < -0.4 is 15.1 Å². The van der Waals surface area contributed by atoms with Crippen molar-refractivity contribution in [1.82, 2.24) is 10.4 Å². The highest BCUT2D eigenvalue weighted by Gasteiger charge is 2.33. The fourth-order valence-electron chi connectivity index (χ4n) is 3.19. The van der Waals surface area contributed by atoms with E-state index in [1.807, 2.05) is 10.2 Å². The van der Waals surface area contributed by atoms with Crippen molar-refractivity contribution >= 4 is 40.6 Å². The van der Waals surface area contributed by atoms with Gasteiger partial charge in [0.1, 0.15) is 16.9 Å². The number of hydrogen-bond acceptors (Lipinski definition) is 6. The first-order valence-electron chi connectivity index (χ1n) is 9.25. The number of hydroxylamine groups is 2. The van der Waals surface area contributed by atoms with E-state index in [1.54, 1.807) is 24.1 Å². The van der Waals surface area contributed by atoms with Crippen molar-refractivity contribution in [2.75, 3.05) is 49.1 Å². The molecule has 2 aliphatic rings. The Balaban J connectivity index is 1.64. The third-order valence-corrected chi connectivity index (χ3v) is 4.90. The summed E-state index contributed by atoms with van der Waals surface area (Å²) in [7, 11) is 0. The molecule has 2 saturated heterocycles. The number of nitrogens with zero attached hydrogens (tertiary/aromatic N) is 3.